The first-order chi connectivity index (χ1) is 9.31. The molecule has 2 heteroatoms. The lowest BCUT2D eigenvalue weighted by molar-refractivity contribution is 0.103. The van der Waals surface area contributed by atoms with E-state index >= 15 is 0 Å². The van der Waals surface area contributed by atoms with Crippen molar-refractivity contribution < 1.29 is 9.53 Å². The van der Waals surface area contributed by atoms with E-state index in [1.807, 2.05) is 18.2 Å². The molecule has 94 valence electrons. The van der Waals surface area contributed by atoms with Gasteiger partial charge in [-0.3, -0.25) is 4.79 Å². The number of benzene rings is 2. The van der Waals surface area contributed by atoms with Crippen molar-refractivity contribution in [3.05, 3.63) is 65.7 Å². The number of ketones is 1. The van der Waals surface area contributed by atoms with Crippen molar-refractivity contribution in [1.82, 2.24) is 0 Å². The molecule has 0 unspecified atom stereocenters. The van der Waals surface area contributed by atoms with Crippen LogP contribution < -0.4 is 4.74 Å². The molecule has 0 N–H and O–H groups in total. The van der Waals surface area contributed by atoms with Gasteiger partial charge in [-0.2, -0.15) is 0 Å². The van der Waals surface area contributed by atoms with Gasteiger partial charge < -0.3 is 4.74 Å². The van der Waals surface area contributed by atoms with Crippen molar-refractivity contribution in [2.75, 3.05) is 6.61 Å². The van der Waals surface area contributed by atoms with Gasteiger partial charge in [-0.1, -0.05) is 30.3 Å². The van der Waals surface area contributed by atoms with Gasteiger partial charge in [-0.05, 0) is 24.3 Å². The van der Waals surface area contributed by atoms with Gasteiger partial charge in [0.05, 0.1) is 6.61 Å². The van der Waals surface area contributed by atoms with Gasteiger partial charge in [0, 0.05) is 17.5 Å². The maximum absolute atomic E-state index is 12.2. The minimum atomic E-state index is 0.00998. The summed E-state index contributed by atoms with van der Waals surface area (Å²) in [5, 5.41) is 0. The second kappa shape index (κ2) is 6.42. The van der Waals surface area contributed by atoms with Crippen LogP contribution >= 0.6 is 0 Å². The Bertz CT molecular complexity index is 577. The van der Waals surface area contributed by atoms with Crippen molar-refractivity contribution in [1.29, 1.82) is 0 Å². The topological polar surface area (TPSA) is 26.3 Å². The van der Waals surface area contributed by atoms with Crippen LogP contribution in [0.2, 0.25) is 0 Å². The summed E-state index contributed by atoms with van der Waals surface area (Å²) in [5.74, 6) is 3.24. The van der Waals surface area contributed by atoms with Crippen LogP contribution in [0.5, 0.6) is 5.75 Å². The zero-order valence-electron chi connectivity index (χ0n) is 10.5. The third-order valence-corrected chi connectivity index (χ3v) is 2.67. The Morgan fingerprint density at radius 1 is 1.00 bits per heavy atom. The Morgan fingerprint density at radius 3 is 2.26 bits per heavy atom. The molecule has 0 aromatic heterocycles. The van der Waals surface area contributed by atoms with Crippen molar-refractivity contribution in [2.45, 2.75) is 6.42 Å². The van der Waals surface area contributed by atoms with Crippen LogP contribution in [0.25, 0.3) is 0 Å². The second-order valence-electron chi connectivity index (χ2n) is 4.02. The summed E-state index contributed by atoms with van der Waals surface area (Å²) in [6, 6.07) is 16.3. The van der Waals surface area contributed by atoms with Gasteiger partial charge in [0.1, 0.15) is 5.75 Å². The van der Waals surface area contributed by atoms with E-state index < -0.39 is 0 Å². The fourth-order valence-electron chi connectivity index (χ4n) is 1.69. The van der Waals surface area contributed by atoms with E-state index in [9.17, 15) is 4.79 Å². The highest BCUT2D eigenvalue weighted by Crippen LogP contribution is 2.15. The number of rotatable bonds is 5. The molecule has 0 fully saturated rings. The smallest absolute Gasteiger partial charge is 0.193 e. The third kappa shape index (κ3) is 3.46. The van der Waals surface area contributed by atoms with Crippen LogP contribution in [0.4, 0.5) is 0 Å². The molecule has 0 heterocycles. The number of hydrogen-bond donors (Lipinski definition) is 0. The molecule has 2 aromatic carbocycles. The lowest BCUT2D eigenvalue weighted by Crippen LogP contribution is -2.01. The molecular weight excluding hydrogens is 236 g/mol. The monoisotopic (exact) mass is 250 g/mol. The zero-order chi connectivity index (χ0) is 13.5. The van der Waals surface area contributed by atoms with E-state index in [1.165, 1.54) is 0 Å². The summed E-state index contributed by atoms with van der Waals surface area (Å²) in [5.41, 5.74) is 1.33. The van der Waals surface area contributed by atoms with Gasteiger partial charge in [-0.15, -0.1) is 12.3 Å². The quantitative estimate of drug-likeness (QED) is 0.462. The van der Waals surface area contributed by atoms with E-state index in [4.69, 9.17) is 11.2 Å². The summed E-state index contributed by atoms with van der Waals surface area (Å²) in [4.78, 5) is 12.2. The lowest BCUT2D eigenvalue weighted by atomic mass is 10.0. The molecule has 0 bridgehead atoms. The van der Waals surface area contributed by atoms with Gasteiger partial charge in [-0.25, -0.2) is 0 Å². The Balaban J connectivity index is 2.06. The molecular formula is C17H14O2. The van der Waals surface area contributed by atoms with Gasteiger partial charge >= 0.3 is 0 Å². The standard InChI is InChI=1S/C17H14O2/c1-2-3-13-19-16-11-9-15(10-12-16)17(18)14-7-5-4-6-8-14/h1,4-12H,3,13H2. The van der Waals surface area contributed by atoms with Crippen LogP contribution in [-0.2, 0) is 0 Å². The van der Waals surface area contributed by atoms with Crippen LogP contribution in [-0.4, -0.2) is 12.4 Å². The molecule has 0 spiro atoms. The fourth-order valence-corrected chi connectivity index (χ4v) is 1.69. The number of hydrogen-bond acceptors (Lipinski definition) is 2. The third-order valence-electron chi connectivity index (χ3n) is 2.67. The van der Waals surface area contributed by atoms with Crippen molar-refractivity contribution in [3.8, 4) is 18.1 Å². The van der Waals surface area contributed by atoms with Crippen molar-refractivity contribution >= 4 is 5.78 Å². The molecule has 19 heavy (non-hydrogen) atoms. The fraction of sp³-hybridized carbons (Fsp3) is 0.118. The first-order valence-corrected chi connectivity index (χ1v) is 6.07. The van der Waals surface area contributed by atoms with Crippen LogP contribution in [0.3, 0.4) is 0 Å². The highest BCUT2D eigenvalue weighted by atomic mass is 16.5. The summed E-state index contributed by atoms with van der Waals surface area (Å²) in [7, 11) is 0. The maximum atomic E-state index is 12.2. The molecule has 0 saturated heterocycles. The normalized spacial score (nSPS) is 9.63. The maximum Gasteiger partial charge on any atom is 0.193 e. The minimum absolute atomic E-state index is 0.00998. The Morgan fingerprint density at radius 2 is 1.63 bits per heavy atom. The average Bonchev–Trinajstić information content (AvgIpc) is 2.48. The van der Waals surface area contributed by atoms with Crippen LogP contribution in [0.1, 0.15) is 22.3 Å². The van der Waals surface area contributed by atoms with Gasteiger partial charge in [0.2, 0.25) is 0 Å². The molecule has 0 radical (unpaired) electrons. The average molecular weight is 250 g/mol. The second-order valence-corrected chi connectivity index (χ2v) is 4.02. The molecule has 0 saturated carbocycles. The highest BCUT2D eigenvalue weighted by molar-refractivity contribution is 6.08. The van der Waals surface area contributed by atoms with E-state index in [2.05, 4.69) is 5.92 Å². The lowest BCUT2D eigenvalue weighted by Gasteiger charge is -2.05. The zero-order valence-corrected chi connectivity index (χ0v) is 10.5. The molecule has 0 aliphatic carbocycles. The summed E-state index contributed by atoms with van der Waals surface area (Å²) in [6.07, 6.45) is 5.72. The van der Waals surface area contributed by atoms with Gasteiger partial charge in [0.25, 0.3) is 0 Å². The number of carbonyl (C=O) groups excluding carboxylic acids is 1. The SMILES string of the molecule is C#CCCOc1ccc(C(=O)c2ccccc2)cc1. The number of ether oxygens (including phenoxy) is 1. The Hall–Kier alpha value is -2.53. The van der Waals surface area contributed by atoms with E-state index in [-0.39, 0.29) is 5.78 Å². The molecule has 0 aliphatic rings. The van der Waals surface area contributed by atoms with Gasteiger partial charge in [0.15, 0.2) is 5.78 Å². The van der Waals surface area contributed by atoms with E-state index in [1.54, 1.807) is 36.4 Å². The van der Waals surface area contributed by atoms with Crippen LogP contribution in [0.15, 0.2) is 54.6 Å². The summed E-state index contributed by atoms with van der Waals surface area (Å²) < 4.78 is 5.43. The molecule has 0 aliphatic heterocycles. The Kier molecular flexibility index (Phi) is 4.36. The van der Waals surface area contributed by atoms with Crippen LogP contribution in [0, 0.1) is 12.3 Å². The Labute approximate surface area is 113 Å². The predicted molar refractivity (Wildman–Crippen MR) is 75.3 cm³/mol. The predicted octanol–water partition coefficient (Wildman–Crippen LogP) is 3.32. The van der Waals surface area contributed by atoms with Crippen molar-refractivity contribution in [3.63, 3.8) is 0 Å². The first kappa shape index (κ1) is 12.9. The largest absolute Gasteiger partial charge is 0.493 e. The number of terminal acetylenes is 1. The molecule has 2 nitrogen and oxygen atoms in total. The molecule has 2 aromatic rings. The summed E-state index contributed by atoms with van der Waals surface area (Å²) >= 11 is 0. The minimum Gasteiger partial charge on any atom is -0.493 e. The number of carbonyl (C=O) groups is 1. The molecule has 2 rings (SSSR count). The molecule has 0 atom stereocenters. The van der Waals surface area contributed by atoms with E-state index in [0.29, 0.717) is 24.2 Å². The highest BCUT2D eigenvalue weighted by Gasteiger charge is 2.07. The molecule has 0 amide bonds. The summed E-state index contributed by atoms with van der Waals surface area (Å²) in [6.45, 7) is 0.489. The van der Waals surface area contributed by atoms with E-state index in [0.717, 1.165) is 5.75 Å². The van der Waals surface area contributed by atoms with Crippen molar-refractivity contribution in [2.24, 2.45) is 0 Å². The first-order valence-electron chi connectivity index (χ1n) is 6.07.